The fourth-order valence-electron chi connectivity index (χ4n) is 10.0. The van der Waals surface area contributed by atoms with Crippen molar-refractivity contribution in [1.29, 1.82) is 0 Å². The van der Waals surface area contributed by atoms with Crippen molar-refractivity contribution in [2.24, 2.45) is 41.4 Å². The van der Waals surface area contributed by atoms with Crippen LogP contribution in [0.25, 0.3) is 0 Å². The molecule has 0 aromatic heterocycles. The summed E-state index contributed by atoms with van der Waals surface area (Å²) in [5, 5.41) is 25.6. The summed E-state index contributed by atoms with van der Waals surface area (Å²) in [4.78, 5) is 165. The van der Waals surface area contributed by atoms with E-state index in [9.17, 15) is 57.8 Å². The van der Waals surface area contributed by atoms with Crippen LogP contribution in [-0.2, 0) is 52.7 Å². The summed E-state index contributed by atoms with van der Waals surface area (Å²) in [5.41, 5.74) is 0. The second kappa shape index (κ2) is 34.0. The lowest BCUT2D eigenvalue weighted by molar-refractivity contribution is -0.151. The minimum absolute atomic E-state index is 0.128. The van der Waals surface area contributed by atoms with Crippen molar-refractivity contribution < 1.29 is 57.8 Å². The van der Waals surface area contributed by atoms with Gasteiger partial charge in [0, 0.05) is 42.3 Å². The number of hydrogen-bond acceptors (Lipinski definition) is 12. The topological polar surface area (TPSA) is 288 Å². The highest BCUT2D eigenvalue weighted by Crippen LogP contribution is 2.23. The first-order valence-electron chi connectivity index (χ1n) is 29.6. The number of allylic oxidation sites excluding steroid dienone is 2. The Labute approximate surface area is 495 Å². The highest BCUT2D eigenvalue weighted by atomic mass is 16.3. The molecule has 0 aromatic rings. The van der Waals surface area contributed by atoms with Gasteiger partial charge in [-0.15, -0.1) is 0 Å². The van der Waals surface area contributed by atoms with E-state index in [4.69, 9.17) is 0 Å². The van der Waals surface area contributed by atoms with Gasteiger partial charge in [0.2, 0.25) is 65.0 Å². The Hall–Kier alpha value is -6.13. The van der Waals surface area contributed by atoms with Crippen LogP contribution in [0.5, 0.6) is 0 Å². The molecule has 1 heterocycles. The van der Waals surface area contributed by atoms with E-state index in [0.29, 0.717) is 6.42 Å². The van der Waals surface area contributed by atoms with Crippen molar-refractivity contribution in [3.05, 3.63) is 12.2 Å². The van der Waals surface area contributed by atoms with Gasteiger partial charge in [-0.1, -0.05) is 102 Å². The molecular formula is C60H107N11O12. The SMILES string of the molecule is C/C=C/CC(C)C(O)[C@H]1C(=O)N[C@@H](C)C(=O)N(C)CC(=O)N(C)[C@@H](CC(C)C)C(=O)N[C@@H](C(C)C)C(=O)N(C)[C@@H](CC(C)C)C(=O)N[C@@H](C)C(=O)N[C@H](C)C(=O)N(C)[C@@H](CC(C)C)C(=O)N(C)[C@@H](CC(C)C)C(=O)N[C@@H](C(C)C)C(=O)N1C. The molecule has 11 amide bonds. The maximum absolute atomic E-state index is 14.8. The highest BCUT2D eigenvalue weighted by molar-refractivity contribution is 5.99. The molecule has 2 unspecified atom stereocenters. The maximum Gasteiger partial charge on any atom is 0.246 e. The second-order valence-electron chi connectivity index (χ2n) is 25.4. The molecule has 0 bridgehead atoms. The van der Waals surface area contributed by atoms with Crippen molar-refractivity contribution in [2.45, 2.75) is 216 Å². The summed E-state index contributed by atoms with van der Waals surface area (Å²) >= 11 is 0. The molecule has 0 spiro atoms. The van der Waals surface area contributed by atoms with Gasteiger partial charge in [-0.3, -0.25) is 52.7 Å². The normalized spacial score (nSPS) is 27.1. The van der Waals surface area contributed by atoms with Gasteiger partial charge in [0.05, 0.1) is 12.6 Å². The van der Waals surface area contributed by atoms with E-state index in [1.165, 1.54) is 82.7 Å². The van der Waals surface area contributed by atoms with Crippen LogP contribution in [0.4, 0.5) is 0 Å². The molecule has 0 radical (unpaired) electrons. The lowest BCUT2D eigenvalue weighted by Crippen LogP contribution is -2.63. The number of nitrogens with one attached hydrogen (secondary N) is 5. The van der Waals surface area contributed by atoms with Gasteiger partial charge in [0.1, 0.15) is 60.4 Å². The number of amides is 11. The summed E-state index contributed by atoms with van der Waals surface area (Å²) in [6.45, 7) is 28.9. The van der Waals surface area contributed by atoms with Crippen molar-refractivity contribution in [1.82, 2.24) is 56.0 Å². The standard InChI is InChI=1S/C60H107N11O12/c1-24-25-26-38(14)50(73)49-55(78)63-40(16)56(79)66(18)31-46(72)67(19)42(27-32(2)3)53(76)64-47(36(10)11)59(82)69(21)43(28-33(4)5)52(75)61-39(15)51(74)62-41(17)57(80)70(22)45(30-35(8)9)58(81)68(20)44(29-34(6)7)54(77)65-48(37(12)13)60(83)71(49)23/h24-25,32-45,47-50,73H,26-31H2,1-23H3,(H,61,75)(H,62,74)(H,63,78)(H,64,76)(H,65,77)/b25-24+/t38?,39-,40-,41+,42-,43-,44-,45-,47-,48-,49-,50?/m0/s1. The minimum Gasteiger partial charge on any atom is -0.390 e. The summed E-state index contributed by atoms with van der Waals surface area (Å²) < 4.78 is 0. The zero-order valence-corrected chi connectivity index (χ0v) is 54.4. The first-order valence-corrected chi connectivity index (χ1v) is 29.6. The quantitative estimate of drug-likeness (QED) is 0.137. The van der Waals surface area contributed by atoms with Gasteiger partial charge < -0.3 is 61.1 Å². The van der Waals surface area contributed by atoms with Crippen LogP contribution in [0.2, 0.25) is 0 Å². The molecule has 1 aliphatic rings. The Kier molecular flexibility index (Phi) is 30.7. The van der Waals surface area contributed by atoms with Crippen molar-refractivity contribution >= 4 is 65.0 Å². The van der Waals surface area contributed by atoms with Gasteiger partial charge in [-0.05, 0) is 101 Å². The lowest BCUT2D eigenvalue weighted by atomic mass is 9.91. The molecule has 0 aromatic carbocycles. The Bertz CT molecular complexity index is 2270. The van der Waals surface area contributed by atoms with E-state index in [1.807, 2.05) is 55.4 Å². The smallest absolute Gasteiger partial charge is 0.246 e. The number of carbonyl (C=O) groups is 11. The predicted molar refractivity (Wildman–Crippen MR) is 319 cm³/mol. The van der Waals surface area contributed by atoms with Crippen LogP contribution < -0.4 is 26.6 Å². The van der Waals surface area contributed by atoms with Gasteiger partial charge in [-0.2, -0.15) is 0 Å². The molecule has 1 aliphatic heterocycles. The number of likely N-dealkylation sites (N-methyl/N-ethyl adjacent to an activating group) is 6. The van der Waals surface area contributed by atoms with E-state index in [1.54, 1.807) is 53.7 Å². The lowest BCUT2D eigenvalue weighted by Gasteiger charge is -2.38. The third-order valence-corrected chi connectivity index (χ3v) is 15.4. The monoisotopic (exact) mass is 1170 g/mol. The molecule has 1 saturated heterocycles. The van der Waals surface area contributed by atoms with E-state index in [-0.39, 0.29) is 49.4 Å². The van der Waals surface area contributed by atoms with E-state index < -0.39 is 156 Å². The molecule has 23 heteroatoms. The summed E-state index contributed by atoms with van der Waals surface area (Å²) in [6.07, 6.45) is 2.98. The molecule has 0 saturated carbocycles. The summed E-state index contributed by atoms with van der Waals surface area (Å²) in [6, 6.07) is -12.4. The van der Waals surface area contributed by atoms with Crippen LogP contribution in [-0.4, -0.2) is 215 Å². The van der Waals surface area contributed by atoms with E-state index in [2.05, 4.69) is 26.6 Å². The number of aliphatic hydroxyl groups excluding tert-OH is 1. The summed E-state index contributed by atoms with van der Waals surface area (Å²) in [5.74, 6) is -9.95. The maximum atomic E-state index is 14.8. The molecule has 83 heavy (non-hydrogen) atoms. The molecule has 6 N–H and O–H groups in total. The Morgan fingerprint density at radius 2 is 0.783 bits per heavy atom. The largest absolute Gasteiger partial charge is 0.390 e. The minimum atomic E-state index is -1.61. The molecule has 474 valence electrons. The van der Waals surface area contributed by atoms with Crippen LogP contribution in [0.3, 0.4) is 0 Å². The Morgan fingerprint density at radius 1 is 0.434 bits per heavy atom. The fourth-order valence-corrected chi connectivity index (χ4v) is 10.0. The second-order valence-corrected chi connectivity index (χ2v) is 25.4. The predicted octanol–water partition coefficient (Wildman–Crippen LogP) is 2.54. The van der Waals surface area contributed by atoms with Crippen LogP contribution in [0, 0.1) is 41.4 Å². The molecule has 1 rings (SSSR count). The average molecular weight is 1170 g/mol. The molecule has 12 atom stereocenters. The molecular weight excluding hydrogens is 1070 g/mol. The average Bonchev–Trinajstić information content (AvgIpc) is 3.42. The third kappa shape index (κ3) is 21.8. The molecule has 23 nitrogen and oxygen atoms in total. The van der Waals surface area contributed by atoms with Gasteiger partial charge in [0.25, 0.3) is 0 Å². The van der Waals surface area contributed by atoms with Crippen LogP contribution in [0.15, 0.2) is 12.2 Å². The van der Waals surface area contributed by atoms with Gasteiger partial charge in [0.15, 0.2) is 0 Å². The number of hydrogen-bond donors (Lipinski definition) is 6. The number of rotatable bonds is 14. The first kappa shape index (κ1) is 74.9. The zero-order valence-electron chi connectivity index (χ0n) is 54.4. The third-order valence-electron chi connectivity index (χ3n) is 15.4. The highest BCUT2D eigenvalue weighted by Gasteiger charge is 2.44. The van der Waals surface area contributed by atoms with Crippen LogP contribution >= 0.6 is 0 Å². The number of carbonyl (C=O) groups excluding carboxylic acids is 11. The van der Waals surface area contributed by atoms with E-state index in [0.717, 1.165) is 9.80 Å². The zero-order chi connectivity index (χ0) is 64.4. The Balaban J connectivity index is 4.22. The number of nitrogens with zero attached hydrogens (tertiary/aromatic N) is 6. The molecule has 1 fully saturated rings. The summed E-state index contributed by atoms with van der Waals surface area (Å²) in [7, 11) is 8.37. The molecule has 0 aliphatic carbocycles. The number of aliphatic hydroxyl groups is 1. The van der Waals surface area contributed by atoms with Crippen LogP contribution in [0.1, 0.15) is 150 Å². The van der Waals surface area contributed by atoms with E-state index >= 15 is 0 Å². The van der Waals surface area contributed by atoms with Crippen molar-refractivity contribution in [3.8, 4) is 0 Å². The van der Waals surface area contributed by atoms with Crippen molar-refractivity contribution in [2.75, 3.05) is 48.8 Å². The Morgan fingerprint density at radius 3 is 1.20 bits per heavy atom. The van der Waals surface area contributed by atoms with Gasteiger partial charge in [-0.25, -0.2) is 0 Å². The van der Waals surface area contributed by atoms with Gasteiger partial charge >= 0.3 is 0 Å². The fraction of sp³-hybridized carbons (Fsp3) is 0.783. The first-order chi connectivity index (χ1) is 38.2. The van der Waals surface area contributed by atoms with Crippen molar-refractivity contribution in [3.63, 3.8) is 0 Å².